The van der Waals surface area contributed by atoms with Crippen LogP contribution in [0.25, 0.3) is 0 Å². The molecule has 0 fully saturated rings. The number of hydrogen-bond acceptors (Lipinski definition) is 4. The smallest absolute Gasteiger partial charge is 0.194 e. The maximum atomic E-state index is 5.46. The Kier molecular flexibility index (Phi) is 3.69. The molecule has 1 aromatic carbocycles. The summed E-state index contributed by atoms with van der Waals surface area (Å²) >= 11 is 0. The first-order valence-electron chi connectivity index (χ1n) is 7.08. The summed E-state index contributed by atoms with van der Waals surface area (Å²) < 4.78 is 5.46. The van der Waals surface area contributed by atoms with Gasteiger partial charge in [0.15, 0.2) is 5.96 Å². The molecule has 0 spiro atoms. The predicted molar refractivity (Wildman–Crippen MR) is 76.2 cm³/mol. The third kappa shape index (κ3) is 2.73. The lowest BCUT2D eigenvalue weighted by molar-refractivity contribution is 0.110. The fraction of sp³-hybridized carbons (Fsp3) is 0.533. The van der Waals surface area contributed by atoms with Crippen LogP contribution >= 0.6 is 0 Å². The molecule has 19 heavy (non-hydrogen) atoms. The van der Waals surface area contributed by atoms with E-state index in [0.29, 0.717) is 0 Å². The summed E-state index contributed by atoms with van der Waals surface area (Å²) in [5, 5.41) is 3.45. The standard InChI is InChI=1S/C15H21N3O/c1-2-18-7-6-16-15(18)17-10-12-3-4-14-11-19-8-5-13(14)9-12/h3-4,9H,2,5-8,10-11H2,1H3,(H,16,17). The molecule has 2 aliphatic heterocycles. The highest BCUT2D eigenvalue weighted by Gasteiger charge is 2.14. The van der Waals surface area contributed by atoms with Crippen LogP contribution in [0.2, 0.25) is 0 Å². The molecule has 4 nitrogen and oxygen atoms in total. The first-order chi connectivity index (χ1) is 9.36. The van der Waals surface area contributed by atoms with E-state index in [1.807, 2.05) is 0 Å². The Balaban J connectivity index is 1.64. The molecule has 1 aromatic rings. The maximum Gasteiger partial charge on any atom is 0.194 e. The summed E-state index contributed by atoms with van der Waals surface area (Å²) in [5.41, 5.74) is 4.10. The number of aliphatic imine (C=N–C) groups is 1. The first-order valence-corrected chi connectivity index (χ1v) is 7.08. The third-order valence-corrected chi connectivity index (χ3v) is 3.81. The monoisotopic (exact) mass is 259 g/mol. The van der Waals surface area contributed by atoms with Crippen molar-refractivity contribution in [3.05, 3.63) is 34.9 Å². The quantitative estimate of drug-likeness (QED) is 0.894. The van der Waals surface area contributed by atoms with Crippen LogP contribution in [-0.2, 0) is 24.3 Å². The van der Waals surface area contributed by atoms with E-state index in [0.717, 1.165) is 51.8 Å². The molecule has 0 atom stereocenters. The normalized spacial score (nSPS) is 18.2. The summed E-state index contributed by atoms with van der Waals surface area (Å²) in [4.78, 5) is 6.79. The van der Waals surface area contributed by atoms with Gasteiger partial charge in [0.1, 0.15) is 0 Å². The van der Waals surface area contributed by atoms with Crippen LogP contribution in [0.4, 0.5) is 0 Å². The Morgan fingerprint density at radius 3 is 3.21 bits per heavy atom. The third-order valence-electron chi connectivity index (χ3n) is 3.81. The number of ether oxygens (including phenoxy) is 1. The molecule has 0 unspecified atom stereocenters. The predicted octanol–water partition coefficient (Wildman–Crippen LogP) is 1.54. The van der Waals surface area contributed by atoms with Crippen molar-refractivity contribution in [1.29, 1.82) is 0 Å². The van der Waals surface area contributed by atoms with Gasteiger partial charge in [0.05, 0.1) is 19.8 Å². The number of nitrogens with one attached hydrogen (secondary N) is 1. The van der Waals surface area contributed by atoms with Crippen molar-refractivity contribution >= 4 is 5.96 Å². The Morgan fingerprint density at radius 2 is 2.32 bits per heavy atom. The minimum absolute atomic E-state index is 0.763. The topological polar surface area (TPSA) is 36.9 Å². The van der Waals surface area contributed by atoms with Gasteiger partial charge in [0, 0.05) is 19.6 Å². The van der Waals surface area contributed by atoms with Crippen LogP contribution < -0.4 is 5.32 Å². The Morgan fingerprint density at radius 1 is 1.37 bits per heavy atom. The molecule has 0 saturated heterocycles. The van der Waals surface area contributed by atoms with E-state index in [1.165, 1.54) is 16.7 Å². The lowest BCUT2D eigenvalue weighted by atomic mass is 10.0. The highest BCUT2D eigenvalue weighted by atomic mass is 16.5. The number of rotatable bonds is 3. The van der Waals surface area contributed by atoms with Gasteiger partial charge in [0.25, 0.3) is 0 Å². The zero-order valence-electron chi connectivity index (χ0n) is 11.5. The van der Waals surface area contributed by atoms with Crippen LogP contribution in [0.3, 0.4) is 0 Å². The molecule has 3 rings (SSSR count). The molecule has 102 valence electrons. The summed E-state index contributed by atoms with van der Waals surface area (Å²) in [6, 6.07) is 6.68. The molecule has 0 saturated carbocycles. The number of guanidine groups is 1. The fourth-order valence-corrected chi connectivity index (χ4v) is 2.67. The van der Waals surface area contributed by atoms with Crippen LogP contribution in [-0.4, -0.2) is 37.1 Å². The van der Waals surface area contributed by atoms with Crippen LogP contribution in [0.15, 0.2) is 23.2 Å². The minimum Gasteiger partial charge on any atom is -0.376 e. The van der Waals surface area contributed by atoms with E-state index in [4.69, 9.17) is 4.74 Å². The zero-order valence-corrected chi connectivity index (χ0v) is 11.5. The van der Waals surface area contributed by atoms with Gasteiger partial charge in [0.2, 0.25) is 0 Å². The lowest BCUT2D eigenvalue weighted by Crippen LogP contribution is -2.37. The van der Waals surface area contributed by atoms with Crippen LogP contribution in [0.5, 0.6) is 0 Å². The summed E-state index contributed by atoms with van der Waals surface area (Å²) in [6.45, 7) is 7.61. The highest BCUT2D eigenvalue weighted by Crippen LogP contribution is 2.18. The van der Waals surface area contributed by atoms with Crippen molar-refractivity contribution in [3.8, 4) is 0 Å². The van der Waals surface area contributed by atoms with Crippen molar-refractivity contribution in [2.45, 2.75) is 26.5 Å². The van der Waals surface area contributed by atoms with Gasteiger partial charge < -0.3 is 15.0 Å². The molecule has 0 aliphatic carbocycles. The minimum atomic E-state index is 0.763. The number of nitrogens with zero attached hydrogens (tertiary/aromatic N) is 2. The van der Waals surface area contributed by atoms with Crippen molar-refractivity contribution in [2.24, 2.45) is 4.99 Å². The fourth-order valence-electron chi connectivity index (χ4n) is 2.67. The maximum absolute atomic E-state index is 5.46. The Hall–Kier alpha value is -1.55. The number of benzene rings is 1. The second-order valence-electron chi connectivity index (χ2n) is 5.04. The van der Waals surface area contributed by atoms with Crippen molar-refractivity contribution in [3.63, 3.8) is 0 Å². The van der Waals surface area contributed by atoms with Crippen LogP contribution in [0, 0.1) is 0 Å². The van der Waals surface area contributed by atoms with Gasteiger partial charge in [-0.25, -0.2) is 0 Å². The highest BCUT2D eigenvalue weighted by molar-refractivity contribution is 5.81. The van der Waals surface area contributed by atoms with E-state index in [-0.39, 0.29) is 0 Å². The molecule has 2 aliphatic rings. The molecule has 0 radical (unpaired) electrons. The lowest BCUT2D eigenvalue weighted by Gasteiger charge is -2.20. The van der Waals surface area contributed by atoms with Crippen molar-refractivity contribution < 1.29 is 4.74 Å². The van der Waals surface area contributed by atoms with Gasteiger partial charge in [-0.1, -0.05) is 18.2 Å². The average Bonchev–Trinajstić information content (AvgIpc) is 2.92. The number of fused-ring (bicyclic) bond motifs is 1. The second-order valence-corrected chi connectivity index (χ2v) is 5.04. The summed E-state index contributed by atoms with van der Waals surface area (Å²) in [5.74, 6) is 1.04. The molecule has 0 aromatic heterocycles. The summed E-state index contributed by atoms with van der Waals surface area (Å²) in [6.07, 6.45) is 1.03. The zero-order chi connectivity index (χ0) is 13.1. The van der Waals surface area contributed by atoms with Gasteiger partial charge in [-0.2, -0.15) is 0 Å². The molecule has 2 heterocycles. The van der Waals surface area contributed by atoms with Gasteiger partial charge in [-0.05, 0) is 30.0 Å². The van der Waals surface area contributed by atoms with E-state index >= 15 is 0 Å². The SMILES string of the molecule is CCN1CCN=C1NCc1ccc2c(c1)CCOC2. The molecule has 1 N–H and O–H groups in total. The average molecular weight is 259 g/mol. The van der Waals surface area contributed by atoms with E-state index in [1.54, 1.807) is 0 Å². The molecular formula is C15H21N3O. The Labute approximate surface area is 114 Å². The van der Waals surface area contributed by atoms with E-state index < -0.39 is 0 Å². The van der Waals surface area contributed by atoms with E-state index in [9.17, 15) is 0 Å². The van der Waals surface area contributed by atoms with Gasteiger partial charge in [-0.3, -0.25) is 4.99 Å². The molecule has 0 amide bonds. The molecular weight excluding hydrogens is 238 g/mol. The van der Waals surface area contributed by atoms with E-state index in [2.05, 4.69) is 40.3 Å². The van der Waals surface area contributed by atoms with Crippen molar-refractivity contribution in [1.82, 2.24) is 10.2 Å². The van der Waals surface area contributed by atoms with Crippen LogP contribution in [0.1, 0.15) is 23.6 Å². The van der Waals surface area contributed by atoms with Crippen molar-refractivity contribution in [2.75, 3.05) is 26.2 Å². The second kappa shape index (κ2) is 5.61. The Bertz CT molecular complexity index is 484. The van der Waals surface area contributed by atoms with Gasteiger partial charge >= 0.3 is 0 Å². The number of hydrogen-bond donors (Lipinski definition) is 1. The molecule has 0 bridgehead atoms. The number of likely N-dealkylation sites (N-methyl/N-ethyl adjacent to an activating group) is 1. The van der Waals surface area contributed by atoms with Gasteiger partial charge in [-0.15, -0.1) is 0 Å². The summed E-state index contributed by atoms with van der Waals surface area (Å²) in [7, 11) is 0. The largest absolute Gasteiger partial charge is 0.376 e. The first kappa shape index (κ1) is 12.5. The molecule has 4 heteroatoms.